The van der Waals surface area contributed by atoms with Crippen molar-refractivity contribution in [1.29, 1.82) is 5.26 Å². The van der Waals surface area contributed by atoms with Crippen LogP contribution in [0.3, 0.4) is 0 Å². The highest BCUT2D eigenvalue weighted by Gasteiger charge is 2.38. The molecular weight excluding hydrogens is 356 g/mol. The number of rotatable bonds is 9. The Labute approximate surface area is 165 Å². The average Bonchev–Trinajstić information content (AvgIpc) is 2.78. The highest BCUT2D eigenvalue weighted by atomic mass is 28.4. The lowest BCUT2D eigenvalue weighted by molar-refractivity contribution is -0.118. The topological polar surface area (TPSA) is 70.4 Å². The number of amides is 1. The molecule has 0 unspecified atom stereocenters. The van der Waals surface area contributed by atoms with Crippen LogP contribution in [0.25, 0.3) is 0 Å². The molecule has 0 saturated heterocycles. The lowest BCUT2D eigenvalue weighted by atomic mass is 9.81. The van der Waals surface area contributed by atoms with Crippen molar-refractivity contribution < 1.29 is 14.0 Å². The molecule has 0 aromatic heterocycles. The molecule has 0 fully saturated rings. The van der Waals surface area contributed by atoms with Crippen molar-refractivity contribution in [2.24, 2.45) is 11.8 Å². The second-order valence-corrected chi connectivity index (χ2v) is 13.5. The number of nitrogens with zero attached hydrogens (tertiary/aromatic N) is 2. The van der Waals surface area contributed by atoms with Gasteiger partial charge in [-0.15, -0.1) is 0 Å². The smallest absolute Gasteiger partial charge is 0.249 e. The lowest BCUT2D eigenvalue weighted by Gasteiger charge is -2.36. The zero-order valence-corrected chi connectivity index (χ0v) is 18.4. The minimum absolute atomic E-state index is 0.0869. The van der Waals surface area contributed by atoms with Gasteiger partial charge in [-0.25, -0.2) is 0 Å². The summed E-state index contributed by atoms with van der Waals surface area (Å²) < 4.78 is 6.35. The van der Waals surface area contributed by atoms with Crippen molar-refractivity contribution in [2.45, 2.75) is 64.6 Å². The van der Waals surface area contributed by atoms with Crippen LogP contribution >= 0.6 is 0 Å². The Kier molecular flexibility index (Phi) is 8.97. The SMILES string of the molecule is CC(C)(C)[Si](C)(C)O/C=C1\CC=CC[C@H](CN(C=O)CC#N)[C@@H]1CCC=O. The van der Waals surface area contributed by atoms with Crippen LogP contribution in [0.4, 0.5) is 0 Å². The molecular formula is C21H34N2O3Si. The largest absolute Gasteiger partial charge is 0.549 e. The van der Waals surface area contributed by atoms with Gasteiger partial charge in [0.2, 0.25) is 14.7 Å². The van der Waals surface area contributed by atoms with E-state index in [1.807, 2.05) is 12.3 Å². The molecule has 1 aliphatic carbocycles. The van der Waals surface area contributed by atoms with Crippen molar-refractivity contribution in [3.63, 3.8) is 0 Å². The Morgan fingerprint density at radius 3 is 2.59 bits per heavy atom. The van der Waals surface area contributed by atoms with Gasteiger partial charge in [-0.05, 0) is 54.8 Å². The predicted octanol–water partition coefficient (Wildman–Crippen LogP) is 4.44. The number of hydrogen-bond donors (Lipinski definition) is 0. The van der Waals surface area contributed by atoms with Crippen molar-refractivity contribution in [2.75, 3.05) is 13.1 Å². The summed E-state index contributed by atoms with van der Waals surface area (Å²) in [6, 6.07) is 2.04. The summed E-state index contributed by atoms with van der Waals surface area (Å²) in [7, 11) is -1.92. The summed E-state index contributed by atoms with van der Waals surface area (Å²) in [6.45, 7) is 11.7. The molecule has 1 amide bonds. The van der Waals surface area contributed by atoms with E-state index < -0.39 is 8.32 Å². The third-order valence-electron chi connectivity index (χ3n) is 5.80. The van der Waals surface area contributed by atoms with E-state index in [0.29, 0.717) is 13.0 Å². The summed E-state index contributed by atoms with van der Waals surface area (Å²) in [5, 5.41) is 9.04. The second-order valence-electron chi connectivity index (χ2n) is 8.79. The maximum atomic E-state index is 11.3. The van der Waals surface area contributed by atoms with Gasteiger partial charge in [0.05, 0.1) is 12.3 Å². The molecule has 0 heterocycles. The molecule has 2 atom stereocenters. The third-order valence-corrected chi connectivity index (χ3v) is 10.1. The van der Waals surface area contributed by atoms with Gasteiger partial charge in [-0.3, -0.25) is 4.79 Å². The quantitative estimate of drug-likeness (QED) is 0.192. The van der Waals surface area contributed by atoms with Gasteiger partial charge in [-0.1, -0.05) is 32.9 Å². The van der Waals surface area contributed by atoms with Gasteiger partial charge in [0.1, 0.15) is 12.8 Å². The number of carbonyl (C=O) groups is 2. The molecule has 0 aromatic rings. The molecule has 1 rings (SSSR count). The van der Waals surface area contributed by atoms with Gasteiger partial charge in [0, 0.05) is 13.0 Å². The monoisotopic (exact) mass is 390 g/mol. The zero-order valence-electron chi connectivity index (χ0n) is 17.4. The van der Waals surface area contributed by atoms with Crippen LogP contribution in [0.5, 0.6) is 0 Å². The summed E-state index contributed by atoms with van der Waals surface area (Å²) >= 11 is 0. The highest BCUT2D eigenvalue weighted by Crippen LogP contribution is 2.39. The van der Waals surface area contributed by atoms with Gasteiger partial charge in [-0.2, -0.15) is 5.26 Å². The molecule has 0 N–H and O–H groups in total. The first-order valence-corrected chi connectivity index (χ1v) is 12.6. The van der Waals surface area contributed by atoms with Crippen LogP contribution < -0.4 is 0 Å². The van der Waals surface area contributed by atoms with Crippen molar-refractivity contribution >= 4 is 21.0 Å². The average molecular weight is 391 g/mol. The summed E-state index contributed by atoms with van der Waals surface area (Å²) in [5.41, 5.74) is 1.18. The first-order chi connectivity index (χ1) is 12.7. The van der Waals surface area contributed by atoms with Gasteiger partial charge >= 0.3 is 0 Å². The minimum Gasteiger partial charge on any atom is -0.549 e. The van der Waals surface area contributed by atoms with E-state index in [0.717, 1.165) is 32.0 Å². The normalized spacial score (nSPS) is 22.0. The maximum Gasteiger partial charge on any atom is 0.249 e. The van der Waals surface area contributed by atoms with Crippen LogP contribution in [-0.2, 0) is 14.0 Å². The predicted molar refractivity (Wildman–Crippen MR) is 110 cm³/mol. The van der Waals surface area contributed by atoms with Crippen LogP contribution in [-0.4, -0.2) is 39.0 Å². The molecule has 150 valence electrons. The Bertz CT molecular complexity index is 600. The molecule has 0 spiro atoms. The fourth-order valence-corrected chi connectivity index (χ4v) is 3.85. The van der Waals surface area contributed by atoms with E-state index in [1.165, 1.54) is 10.5 Å². The highest BCUT2D eigenvalue weighted by molar-refractivity contribution is 6.74. The molecule has 0 bridgehead atoms. The number of nitriles is 1. The summed E-state index contributed by atoms with van der Waals surface area (Å²) in [5.74, 6) is 0.340. The number of hydrogen-bond acceptors (Lipinski definition) is 4. The first-order valence-electron chi connectivity index (χ1n) is 9.68. The molecule has 0 saturated carbocycles. The van der Waals surface area contributed by atoms with Crippen molar-refractivity contribution in [3.05, 3.63) is 24.0 Å². The first kappa shape index (κ1) is 23.2. The standard InChI is InChI=1S/C21H34N2O3Si/c1-21(2,3)27(4,5)26-16-19-10-7-6-9-18(20(19)11-8-14-24)15-23(17-25)13-12-22/h6-7,14,16-18,20H,8-11,13,15H2,1-5H3/b19-16+/t18-,20+/m1/s1. The van der Waals surface area contributed by atoms with Gasteiger partial charge in [0.25, 0.3) is 0 Å². The van der Waals surface area contributed by atoms with E-state index in [-0.39, 0.29) is 23.4 Å². The Balaban J connectivity index is 3.09. The molecule has 1 aliphatic rings. The lowest BCUT2D eigenvalue weighted by Crippen LogP contribution is -2.39. The minimum atomic E-state index is -1.92. The van der Waals surface area contributed by atoms with Crippen LogP contribution in [0.2, 0.25) is 18.1 Å². The fourth-order valence-electron chi connectivity index (χ4n) is 3.05. The Morgan fingerprint density at radius 1 is 1.33 bits per heavy atom. The zero-order chi connectivity index (χ0) is 20.5. The molecule has 6 heteroatoms. The Hall–Kier alpha value is -1.87. The maximum absolute atomic E-state index is 11.3. The molecule has 0 aliphatic heterocycles. The molecule has 0 radical (unpaired) electrons. The van der Waals surface area contributed by atoms with Crippen molar-refractivity contribution in [3.8, 4) is 6.07 Å². The third kappa shape index (κ3) is 6.98. The molecule has 0 aromatic carbocycles. The number of allylic oxidation sites excluding steroid dienone is 3. The molecule has 27 heavy (non-hydrogen) atoms. The Morgan fingerprint density at radius 2 is 2.04 bits per heavy atom. The number of carbonyl (C=O) groups excluding carboxylic acids is 2. The summed E-state index contributed by atoms with van der Waals surface area (Å²) in [4.78, 5) is 23.8. The van der Waals surface area contributed by atoms with E-state index in [4.69, 9.17) is 9.69 Å². The van der Waals surface area contributed by atoms with E-state index >= 15 is 0 Å². The number of aldehydes is 1. The second kappa shape index (κ2) is 10.5. The van der Waals surface area contributed by atoms with Gasteiger partial charge in [0.15, 0.2) is 0 Å². The van der Waals surface area contributed by atoms with E-state index in [1.54, 1.807) is 0 Å². The van der Waals surface area contributed by atoms with Crippen LogP contribution in [0, 0.1) is 23.2 Å². The molecule has 5 nitrogen and oxygen atoms in total. The van der Waals surface area contributed by atoms with Crippen molar-refractivity contribution in [1.82, 2.24) is 4.90 Å². The van der Waals surface area contributed by atoms with E-state index in [9.17, 15) is 9.59 Å². The summed E-state index contributed by atoms with van der Waals surface area (Å²) in [6.07, 6.45) is 10.8. The van der Waals surface area contributed by atoms with E-state index in [2.05, 4.69) is 46.0 Å². The fraction of sp³-hybridized carbons (Fsp3) is 0.667. The van der Waals surface area contributed by atoms with Crippen LogP contribution in [0.15, 0.2) is 24.0 Å². The van der Waals surface area contributed by atoms with Crippen LogP contribution in [0.1, 0.15) is 46.5 Å². The van der Waals surface area contributed by atoms with Gasteiger partial charge < -0.3 is 14.1 Å².